The van der Waals surface area contributed by atoms with Crippen LogP contribution in [0.25, 0.3) is 0 Å². The highest BCUT2D eigenvalue weighted by molar-refractivity contribution is 7.13. The van der Waals surface area contributed by atoms with Gasteiger partial charge in [-0.15, -0.1) is 11.3 Å². The van der Waals surface area contributed by atoms with Crippen LogP contribution < -0.4 is 10.6 Å². The highest BCUT2D eigenvalue weighted by Gasteiger charge is 2.11. The number of likely N-dealkylation sites (N-methyl/N-ethyl adjacent to an activating group) is 2. The van der Waals surface area contributed by atoms with Crippen LogP contribution in [0.5, 0.6) is 0 Å². The molecule has 1 atom stereocenters. The summed E-state index contributed by atoms with van der Waals surface area (Å²) < 4.78 is 0. The van der Waals surface area contributed by atoms with Crippen molar-refractivity contribution in [3.05, 3.63) is 47.0 Å². The van der Waals surface area contributed by atoms with Crippen LogP contribution in [0, 0.1) is 0 Å². The molecule has 1 aromatic heterocycles. The van der Waals surface area contributed by atoms with Gasteiger partial charge in [-0.1, -0.05) is 30.3 Å². The number of benzene rings is 1. The van der Waals surface area contributed by atoms with Crippen molar-refractivity contribution in [2.75, 3.05) is 39.1 Å². The smallest absolute Gasteiger partial charge is 0.185 e. The fourth-order valence-electron chi connectivity index (χ4n) is 2.05. The number of aromatic nitrogens is 1. The Kier molecular flexibility index (Phi) is 5.73. The normalized spacial score (nSPS) is 12.6. The number of anilines is 1. The zero-order valence-corrected chi connectivity index (χ0v) is 13.8. The third kappa shape index (κ3) is 4.81. The second kappa shape index (κ2) is 7.54. The van der Waals surface area contributed by atoms with Crippen molar-refractivity contribution in [3.63, 3.8) is 0 Å². The standard InChI is InChI=1S/C16H24N4S/c1-19(2)9-10-20(3)16-18-14(12-21-16)11-15(17)13-7-5-4-6-8-13/h4-8,12,15H,9-11,17H2,1-3H3. The number of hydrogen-bond acceptors (Lipinski definition) is 5. The van der Waals surface area contributed by atoms with Crippen LogP contribution in [-0.4, -0.2) is 44.1 Å². The molecule has 1 aromatic carbocycles. The molecule has 0 saturated heterocycles. The summed E-state index contributed by atoms with van der Waals surface area (Å²) in [5, 5.41) is 3.18. The molecule has 0 saturated carbocycles. The second-order valence-corrected chi connectivity index (χ2v) is 6.40. The van der Waals surface area contributed by atoms with Gasteiger partial charge in [-0.05, 0) is 19.7 Å². The Morgan fingerprint density at radius 1 is 1.14 bits per heavy atom. The van der Waals surface area contributed by atoms with Crippen molar-refractivity contribution >= 4 is 16.5 Å². The lowest BCUT2D eigenvalue weighted by molar-refractivity contribution is 0.416. The minimum absolute atomic E-state index is 0.00762. The summed E-state index contributed by atoms with van der Waals surface area (Å²) in [4.78, 5) is 9.07. The molecular weight excluding hydrogens is 280 g/mol. The molecular formula is C16H24N4S. The molecule has 0 aliphatic heterocycles. The fraction of sp³-hybridized carbons (Fsp3) is 0.438. The summed E-state index contributed by atoms with van der Waals surface area (Å²) in [6.45, 7) is 2.00. The summed E-state index contributed by atoms with van der Waals surface area (Å²) in [5.41, 5.74) is 8.49. The molecule has 0 aliphatic rings. The van der Waals surface area contributed by atoms with Gasteiger partial charge in [0.25, 0.3) is 0 Å². The molecule has 0 radical (unpaired) electrons. The number of hydrogen-bond donors (Lipinski definition) is 1. The first-order valence-corrected chi connectivity index (χ1v) is 8.05. The van der Waals surface area contributed by atoms with E-state index in [1.807, 2.05) is 18.2 Å². The van der Waals surface area contributed by atoms with E-state index in [1.165, 1.54) is 0 Å². The van der Waals surface area contributed by atoms with E-state index in [1.54, 1.807) is 11.3 Å². The van der Waals surface area contributed by atoms with Crippen LogP contribution in [-0.2, 0) is 6.42 Å². The van der Waals surface area contributed by atoms with Gasteiger partial charge in [0, 0.05) is 38.0 Å². The van der Waals surface area contributed by atoms with Gasteiger partial charge in [0.1, 0.15) is 0 Å². The Morgan fingerprint density at radius 2 is 1.86 bits per heavy atom. The Hall–Kier alpha value is -1.43. The number of thiazole rings is 1. The first-order valence-electron chi connectivity index (χ1n) is 7.17. The highest BCUT2D eigenvalue weighted by atomic mass is 32.1. The molecule has 1 heterocycles. The van der Waals surface area contributed by atoms with Crippen LogP contribution in [0.3, 0.4) is 0 Å². The minimum atomic E-state index is 0.00762. The molecule has 0 fully saturated rings. The van der Waals surface area contributed by atoms with Crippen molar-refractivity contribution in [1.29, 1.82) is 0 Å². The average molecular weight is 304 g/mol. The molecule has 0 amide bonds. The van der Waals surface area contributed by atoms with Gasteiger partial charge in [-0.3, -0.25) is 0 Å². The summed E-state index contributed by atoms with van der Waals surface area (Å²) in [5.74, 6) is 0. The van der Waals surface area contributed by atoms with E-state index in [2.05, 4.69) is 48.5 Å². The molecule has 0 spiro atoms. The Bertz CT molecular complexity index is 538. The maximum atomic E-state index is 6.26. The zero-order chi connectivity index (χ0) is 15.2. The molecule has 4 nitrogen and oxygen atoms in total. The van der Waals surface area contributed by atoms with Gasteiger partial charge in [0.15, 0.2) is 5.13 Å². The van der Waals surface area contributed by atoms with Crippen LogP contribution in [0.4, 0.5) is 5.13 Å². The van der Waals surface area contributed by atoms with Gasteiger partial charge in [-0.2, -0.15) is 0 Å². The van der Waals surface area contributed by atoms with Crippen LogP contribution in [0.1, 0.15) is 17.3 Å². The Morgan fingerprint density at radius 3 is 2.52 bits per heavy atom. The van der Waals surface area contributed by atoms with E-state index in [4.69, 9.17) is 10.7 Å². The maximum Gasteiger partial charge on any atom is 0.185 e. The van der Waals surface area contributed by atoms with Gasteiger partial charge in [0.05, 0.1) is 5.69 Å². The zero-order valence-electron chi connectivity index (χ0n) is 13.0. The number of nitrogens with zero attached hydrogens (tertiary/aromatic N) is 3. The first-order chi connectivity index (χ1) is 10.1. The summed E-state index contributed by atoms with van der Waals surface area (Å²) in [6.07, 6.45) is 0.780. The van der Waals surface area contributed by atoms with E-state index in [9.17, 15) is 0 Å². The van der Waals surface area contributed by atoms with Crippen LogP contribution >= 0.6 is 11.3 Å². The van der Waals surface area contributed by atoms with E-state index in [-0.39, 0.29) is 6.04 Å². The van der Waals surface area contributed by atoms with E-state index in [0.717, 1.165) is 35.9 Å². The van der Waals surface area contributed by atoms with Crippen LogP contribution in [0.15, 0.2) is 35.7 Å². The predicted molar refractivity (Wildman–Crippen MR) is 91.0 cm³/mol. The maximum absolute atomic E-state index is 6.26. The molecule has 2 N–H and O–H groups in total. The predicted octanol–water partition coefficient (Wildman–Crippen LogP) is 2.38. The topological polar surface area (TPSA) is 45.4 Å². The van der Waals surface area contributed by atoms with Gasteiger partial charge >= 0.3 is 0 Å². The summed E-state index contributed by atoms with van der Waals surface area (Å²) >= 11 is 1.69. The summed E-state index contributed by atoms with van der Waals surface area (Å²) in [7, 11) is 6.25. The van der Waals surface area contributed by atoms with E-state index < -0.39 is 0 Å². The number of rotatable bonds is 7. The minimum Gasteiger partial charge on any atom is -0.350 e. The number of nitrogens with two attached hydrogens (primary N) is 1. The lowest BCUT2D eigenvalue weighted by Crippen LogP contribution is -2.28. The molecule has 1 unspecified atom stereocenters. The SMILES string of the molecule is CN(C)CCN(C)c1nc(CC(N)c2ccccc2)cs1. The van der Waals surface area contributed by atoms with Gasteiger partial charge in [-0.25, -0.2) is 4.98 Å². The molecule has 2 aromatic rings. The van der Waals surface area contributed by atoms with Gasteiger partial charge in [0.2, 0.25) is 0 Å². The van der Waals surface area contributed by atoms with Crippen molar-refractivity contribution in [3.8, 4) is 0 Å². The molecule has 0 aliphatic carbocycles. The van der Waals surface area contributed by atoms with Crippen molar-refractivity contribution < 1.29 is 0 Å². The third-order valence-corrected chi connectivity index (χ3v) is 4.41. The van der Waals surface area contributed by atoms with Crippen molar-refractivity contribution in [1.82, 2.24) is 9.88 Å². The van der Waals surface area contributed by atoms with E-state index >= 15 is 0 Å². The second-order valence-electron chi connectivity index (χ2n) is 5.57. The molecule has 0 bridgehead atoms. The lowest BCUT2D eigenvalue weighted by Gasteiger charge is -2.18. The van der Waals surface area contributed by atoms with E-state index in [0.29, 0.717) is 0 Å². The average Bonchev–Trinajstić information content (AvgIpc) is 2.94. The fourth-order valence-corrected chi connectivity index (χ4v) is 2.89. The Balaban J connectivity index is 1.94. The van der Waals surface area contributed by atoms with Gasteiger partial charge < -0.3 is 15.5 Å². The monoisotopic (exact) mass is 304 g/mol. The van der Waals surface area contributed by atoms with Crippen LogP contribution in [0.2, 0.25) is 0 Å². The lowest BCUT2D eigenvalue weighted by atomic mass is 10.0. The third-order valence-electron chi connectivity index (χ3n) is 3.41. The molecule has 5 heteroatoms. The largest absolute Gasteiger partial charge is 0.350 e. The molecule has 21 heavy (non-hydrogen) atoms. The van der Waals surface area contributed by atoms with Crippen molar-refractivity contribution in [2.45, 2.75) is 12.5 Å². The van der Waals surface area contributed by atoms with Crippen molar-refractivity contribution in [2.24, 2.45) is 5.73 Å². The summed E-state index contributed by atoms with van der Waals surface area (Å²) in [6, 6.07) is 10.2. The quantitative estimate of drug-likeness (QED) is 0.853. The first kappa shape index (κ1) is 15.9. The molecule has 114 valence electrons. The highest BCUT2D eigenvalue weighted by Crippen LogP contribution is 2.22. The molecule has 2 rings (SSSR count). The Labute approximate surface area is 131 Å².